The van der Waals surface area contributed by atoms with Crippen LogP contribution < -0.4 is 30.7 Å². The van der Waals surface area contributed by atoms with E-state index >= 15 is 0 Å². The minimum atomic E-state index is -1.01. The molecule has 0 radical (unpaired) electrons. The summed E-state index contributed by atoms with van der Waals surface area (Å²) in [6, 6.07) is 21.9. The number of carbonyl (C=O) groups is 4. The average molecular weight is 665 g/mol. The number of ether oxygens (including phenoxy) is 2. The van der Waals surface area contributed by atoms with Crippen molar-refractivity contribution < 1.29 is 28.7 Å². The van der Waals surface area contributed by atoms with E-state index in [0.717, 1.165) is 5.56 Å². The predicted molar refractivity (Wildman–Crippen MR) is 182 cm³/mol. The van der Waals surface area contributed by atoms with Crippen molar-refractivity contribution in [2.45, 2.75) is 44.2 Å². The molecule has 4 N–H and O–H groups in total. The fourth-order valence-electron chi connectivity index (χ4n) is 5.33. The number of hydrogen-bond acceptors (Lipinski definition) is 8. The molecule has 0 unspecified atom stereocenters. The van der Waals surface area contributed by atoms with Crippen LogP contribution in [0.15, 0.2) is 97.5 Å². The van der Waals surface area contributed by atoms with E-state index in [1.54, 1.807) is 67.1 Å². The Morgan fingerprint density at radius 2 is 1.55 bits per heavy atom. The lowest BCUT2D eigenvalue weighted by atomic mass is 10.0. The van der Waals surface area contributed by atoms with Gasteiger partial charge >= 0.3 is 0 Å². The maximum absolute atomic E-state index is 13.5. The van der Waals surface area contributed by atoms with Crippen LogP contribution in [0.1, 0.15) is 51.2 Å². The van der Waals surface area contributed by atoms with Gasteiger partial charge in [0.05, 0.1) is 29.5 Å². The first-order chi connectivity index (χ1) is 24.0. The zero-order chi connectivity index (χ0) is 34.3. The Kier molecular flexibility index (Phi) is 12.7. The zero-order valence-corrected chi connectivity index (χ0v) is 27.1. The van der Waals surface area contributed by atoms with Crippen molar-refractivity contribution in [1.82, 2.24) is 31.2 Å². The van der Waals surface area contributed by atoms with Crippen molar-refractivity contribution in [3.05, 3.63) is 120 Å². The number of carbonyl (C=O) groups excluding carboxylic acids is 4. The fourth-order valence-corrected chi connectivity index (χ4v) is 5.33. The first-order valence-corrected chi connectivity index (χ1v) is 16.3. The summed E-state index contributed by atoms with van der Waals surface area (Å²) in [6.45, 7) is 0.921. The fraction of sp³-hybridized carbons (Fsp3) is 0.297. The van der Waals surface area contributed by atoms with Gasteiger partial charge in [0.25, 0.3) is 11.8 Å². The number of fused-ring (bicyclic) bond motifs is 2. The molecule has 0 fully saturated rings. The van der Waals surface area contributed by atoms with E-state index in [1.165, 1.54) is 0 Å². The topological polar surface area (TPSA) is 161 Å². The second kappa shape index (κ2) is 17.9. The Morgan fingerprint density at radius 1 is 0.837 bits per heavy atom. The van der Waals surface area contributed by atoms with Gasteiger partial charge in [-0.2, -0.15) is 0 Å². The van der Waals surface area contributed by atoms with Crippen molar-refractivity contribution in [3.8, 4) is 11.5 Å². The van der Waals surface area contributed by atoms with Crippen LogP contribution in [0.4, 0.5) is 0 Å². The Hall–Kier alpha value is -5.78. The third-order valence-electron chi connectivity index (χ3n) is 7.84. The SMILES string of the molecule is O=C1CC[C@@H](C(=O)NCCc2cnccn2)NC(=O)c2ccccc2OCCCNC(=O)c2ccccc2OC[C@H](Cc2ccccc2)N1. The maximum atomic E-state index is 13.5. The van der Waals surface area contributed by atoms with Crippen molar-refractivity contribution in [2.24, 2.45) is 0 Å². The molecule has 0 bridgehead atoms. The molecule has 2 heterocycles. The van der Waals surface area contributed by atoms with Crippen LogP contribution in [0, 0.1) is 0 Å². The highest BCUT2D eigenvalue weighted by atomic mass is 16.5. The molecule has 0 saturated carbocycles. The molecule has 1 aromatic heterocycles. The number of nitrogens with one attached hydrogen (secondary N) is 4. The van der Waals surface area contributed by atoms with Crippen molar-refractivity contribution >= 4 is 23.6 Å². The second-order valence-corrected chi connectivity index (χ2v) is 11.5. The summed E-state index contributed by atoms with van der Waals surface area (Å²) in [4.78, 5) is 61.7. The van der Waals surface area contributed by atoms with Gasteiger partial charge in [-0.1, -0.05) is 54.6 Å². The van der Waals surface area contributed by atoms with Crippen LogP contribution >= 0.6 is 0 Å². The molecule has 1 aliphatic heterocycles. The highest BCUT2D eigenvalue weighted by Crippen LogP contribution is 2.20. The summed E-state index contributed by atoms with van der Waals surface area (Å²) in [5, 5.41) is 11.6. The molecule has 2 atom stereocenters. The summed E-state index contributed by atoms with van der Waals surface area (Å²) in [7, 11) is 0. The molecule has 4 aromatic rings. The lowest BCUT2D eigenvalue weighted by molar-refractivity contribution is -0.124. The van der Waals surface area contributed by atoms with Gasteiger partial charge in [-0.05, 0) is 49.1 Å². The first-order valence-electron chi connectivity index (χ1n) is 16.3. The van der Waals surface area contributed by atoms with Crippen LogP contribution in [-0.2, 0) is 22.4 Å². The Morgan fingerprint density at radius 3 is 2.31 bits per heavy atom. The smallest absolute Gasteiger partial charge is 0.255 e. The van der Waals surface area contributed by atoms with Gasteiger partial charge in [-0.15, -0.1) is 0 Å². The molecule has 12 nitrogen and oxygen atoms in total. The minimum Gasteiger partial charge on any atom is -0.493 e. The summed E-state index contributed by atoms with van der Waals surface area (Å²) in [6.07, 6.45) is 6.16. The van der Waals surface area contributed by atoms with Crippen LogP contribution in [0.3, 0.4) is 0 Å². The molecule has 3 aromatic carbocycles. The molecule has 4 amide bonds. The van der Waals surface area contributed by atoms with E-state index in [2.05, 4.69) is 31.2 Å². The number of rotatable bonds is 6. The summed E-state index contributed by atoms with van der Waals surface area (Å²) < 4.78 is 12.1. The monoisotopic (exact) mass is 664 g/mol. The molecular weight excluding hydrogens is 624 g/mol. The largest absolute Gasteiger partial charge is 0.493 e. The summed E-state index contributed by atoms with van der Waals surface area (Å²) in [5.41, 5.74) is 2.32. The molecule has 49 heavy (non-hydrogen) atoms. The van der Waals surface area contributed by atoms with Crippen LogP contribution in [0.2, 0.25) is 0 Å². The van der Waals surface area contributed by atoms with Gasteiger partial charge in [-0.25, -0.2) is 0 Å². The Bertz CT molecular complexity index is 1700. The number of amides is 4. The minimum absolute atomic E-state index is 0.0412. The molecule has 0 saturated heterocycles. The highest BCUT2D eigenvalue weighted by molar-refractivity contribution is 6.00. The maximum Gasteiger partial charge on any atom is 0.255 e. The normalized spacial score (nSPS) is 17.8. The van der Waals surface area contributed by atoms with E-state index in [9.17, 15) is 19.2 Å². The van der Waals surface area contributed by atoms with E-state index < -0.39 is 23.9 Å². The first kappa shape index (κ1) is 34.6. The van der Waals surface area contributed by atoms with Crippen LogP contribution in [-0.4, -0.2) is 72.0 Å². The number of aromatic nitrogens is 2. The highest BCUT2D eigenvalue weighted by Gasteiger charge is 2.25. The number of benzene rings is 3. The summed E-state index contributed by atoms with van der Waals surface area (Å²) >= 11 is 0. The van der Waals surface area contributed by atoms with Gasteiger partial charge in [0.15, 0.2) is 0 Å². The van der Waals surface area contributed by atoms with E-state index in [-0.39, 0.29) is 50.0 Å². The number of nitrogens with zero attached hydrogens (tertiary/aromatic N) is 2. The second-order valence-electron chi connectivity index (χ2n) is 11.5. The summed E-state index contributed by atoms with van der Waals surface area (Å²) in [5.74, 6) is -0.827. The Balaban J connectivity index is 1.36. The quantitative estimate of drug-likeness (QED) is 0.245. The van der Waals surface area contributed by atoms with Crippen LogP contribution in [0.25, 0.3) is 0 Å². The average Bonchev–Trinajstić information content (AvgIpc) is 3.12. The van der Waals surface area contributed by atoms with E-state index in [1.807, 2.05) is 30.3 Å². The molecule has 12 heteroatoms. The van der Waals surface area contributed by atoms with Crippen LogP contribution in [0.5, 0.6) is 11.5 Å². The van der Waals surface area contributed by atoms with Gasteiger partial charge in [-0.3, -0.25) is 29.1 Å². The third kappa shape index (κ3) is 10.6. The molecule has 0 aliphatic carbocycles. The molecule has 1 aliphatic rings. The van der Waals surface area contributed by atoms with Gasteiger partial charge in [0.2, 0.25) is 11.8 Å². The van der Waals surface area contributed by atoms with Crippen molar-refractivity contribution in [1.29, 1.82) is 0 Å². The van der Waals surface area contributed by atoms with Gasteiger partial charge in [0.1, 0.15) is 24.1 Å². The van der Waals surface area contributed by atoms with Gasteiger partial charge < -0.3 is 30.7 Å². The number of hydrogen-bond donors (Lipinski definition) is 4. The molecule has 5 rings (SSSR count). The third-order valence-corrected chi connectivity index (χ3v) is 7.84. The van der Waals surface area contributed by atoms with Crippen molar-refractivity contribution in [3.63, 3.8) is 0 Å². The molecule has 254 valence electrons. The van der Waals surface area contributed by atoms with E-state index in [4.69, 9.17) is 9.47 Å². The van der Waals surface area contributed by atoms with Gasteiger partial charge in [0, 0.05) is 44.5 Å². The lowest BCUT2D eigenvalue weighted by Gasteiger charge is -2.22. The van der Waals surface area contributed by atoms with E-state index in [0.29, 0.717) is 48.6 Å². The molecular formula is C37H40N6O6. The zero-order valence-electron chi connectivity index (χ0n) is 27.1. The predicted octanol–water partition coefficient (Wildman–Crippen LogP) is 3.03. The standard InChI is InChI=1S/C37H40N6O6/c44-34-16-15-31(37(47)41-19-17-27-24-38-20-21-39-27)43-36(46)30-12-5-6-13-32(30)48-22-8-18-40-35(45)29-11-4-7-14-33(29)49-25-28(42-34)23-26-9-2-1-3-10-26/h1-7,9-14,20-21,24,28,31H,8,15-19,22-23,25H2,(H,40,45)(H,41,47)(H,42,44)(H,43,46)/t28-,31-/m0/s1. The molecule has 0 spiro atoms. The lowest BCUT2D eigenvalue weighted by Crippen LogP contribution is -2.48. The van der Waals surface area contributed by atoms with Crippen molar-refractivity contribution in [2.75, 3.05) is 26.3 Å². The number of para-hydroxylation sites is 2. The Labute approximate surface area is 285 Å².